The summed E-state index contributed by atoms with van der Waals surface area (Å²) < 4.78 is 0. The molecule has 3 rings (SSSR count). The maximum Gasteiger partial charge on any atom is 0.255 e. The molecule has 2 amide bonds. The highest BCUT2D eigenvalue weighted by Crippen LogP contribution is 2.20. The number of hydrogen-bond acceptors (Lipinski definition) is 2. The first-order valence-electron chi connectivity index (χ1n) is 9.29. The van der Waals surface area contributed by atoms with E-state index < -0.39 is 0 Å². The van der Waals surface area contributed by atoms with Gasteiger partial charge < -0.3 is 10.6 Å². The summed E-state index contributed by atoms with van der Waals surface area (Å²) in [7, 11) is 0. The van der Waals surface area contributed by atoms with E-state index in [0.29, 0.717) is 16.8 Å². The first kappa shape index (κ1) is 19.4. The molecule has 0 radical (unpaired) electrons. The summed E-state index contributed by atoms with van der Waals surface area (Å²) >= 11 is 0. The average molecular weight is 372 g/mol. The minimum Gasteiger partial charge on any atom is -0.345 e. The lowest BCUT2D eigenvalue weighted by Gasteiger charge is -2.17. The van der Waals surface area contributed by atoms with Gasteiger partial charge in [0.1, 0.15) is 0 Å². The maximum absolute atomic E-state index is 12.8. The van der Waals surface area contributed by atoms with E-state index in [-0.39, 0.29) is 17.9 Å². The van der Waals surface area contributed by atoms with Crippen molar-refractivity contribution < 1.29 is 9.59 Å². The first-order chi connectivity index (χ1) is 13.5. The topological polar surface area (TPSA) is 58.2 Å². The number of carbonyl (C=O) groups excluding carboxylic acids is 2. The van der Waals surface area contributed by atoms with Gasteiger partial charge in [0.15, 0.2) is 0 Å². The fourth-order valence-electron chi connectivity index (χ4n) is 3.15. The fraction of sp³-hybridized carbons (Fsp3) is 0.167. The third-order valence-corrected chi connectivity index (χ3v) is 4.69. The monoisotopic (exact) mass is 372 g/mol. The van der Waals surface area contributed by atoms with Crippen LogP contribution in [0.5, 0.6) is 0 Å². The van der Waals surface area contributed by atoms with Crippen molar-refractivity contribution in [2.75, 3.05) is 5.32 Å². The Kier molecular flexibility index (Phi) is 5.90. The van der Waals surface area contributed by atoms with Gasteiger partial charge in [-0.15, -0.1) is 0 Å². The SMILES string of the molecule is Cc1ccc(C(=O)Nc2ccccc2C(=O)N[C@@H](C)c2ccccc2)c(C)c1. The van der Waals surface area contributed by atoms with Gasteiger partial charge in [0.05, 0.1) is 17.3 Å². The minimum absolute atomic E-state index is 0.142. The van der Waals surface area contributed by atoms with E-state index in [0.717, 1.165) is 16.7 Å². The van der Waals surface area contributed by atoms with Crippen LogP contribution in [0.15, 0.2) is 72.8 Å². The number of benzene rings is 3. The zero-order chi connectivity index (χ0) is 20.1. The number of aryl methyl sites for hydroxylation is 2. The molecule has 1 atom stereocenters. The van der Waals surface area contributed by atoms with Gasteiger partial charge >= 0.3 is 0 Å². The van der Waals surface area contributed by atoms with Crippen LogP contribution in [0.25, 0.3) is 0 Å². The molecule has 0 spiro atoms. The van der Waals surface area contributed by atoms with Crippen LogP contribution in [-0.2, 0) is 0 Å². The van der Waals surface area contributed by atoms with Crippen LogP contribution >= 0.6 is 0 Å². The first-order valence-corrected chi connectivity index (χ1v) is 9.29. The van der Waals surface area contributed by atoms with Gasteiger partial charge in [-0.1, -0.05) is 60.2 Å². The number of carbonyl (C=O) groups is 2. The molecule has 0 saturated heterocycles. The number of anilines is 1. The molecule has 3 aromatic carbocycles. The highest BCUT2D eigenvalue weighted by Gasteiger charge is 2.17. The van der Waals surface area contributed by atoms with Crippen molar-refractivity contribution >= 4 is 17.5 Å². The quantitative estimate of drug-likeness (QED) is 0.659. The zero-order valence-electron chi connectivity index (χ0n) is 16.3. The lowest BCUT2D eigenvalue weighted by Crippen LogP contribution is -2.28. The Balaban J connectivity index is 1.79. The lowest BCUT2D eigenvalue weighted by molar-refractivity contribution is 0.0941. The van der Waals surface area contributed by atoms with E-state index in [1.54, 1.807) is 30.3 Å². The second-order valence-electron chi connectivity index (χ2n) is 6.92. The van der Waals surface area contributed by atoms with Gasteiger partial charge in [0, 0.05) is 5.56 Å². The third-order valence-electron chi connectivity index (χ3n) is 4.69. The van der Waals surface area contributed by atoms with Crippen molar-refractivity contribution in [1.82, 2.24) is 5.32 Å². The van der Waals surface area contributed by atoms with Gasteiger partial charge in [-0.25, -0.2) is 0 Å². The van der Waals surface area contributed by atoms with Gasteiger partial charge in [-0.3, -0.25) is 9.59 Å². The normalized spacial score (nSPS) is 11.5. The van der Waals surface area contributed by atoms with Gasteiger partial charge in [-0.05, 0) is 50.1 Å². The predicted molar refractivity (Wildman–Crippen MR) is 113 cm³/mol. The Morgan fingerprint density at radius 1 is 0.786 bits per heavy atom. The molecule has 3 aromatic rings. The maximum atomic E-state index is 12.8. The van der Waals surface area contributed by atoms with Gasteiger partial charge in [0.25, 0.3) is 11.8 Å². The average Bonchev–Trinajstić information content (AvgIpc) is 2.68. The minimum atomic E-state index is -0.229. The van der Waals surface area contributed by atoms with Crippen LogP contribution in [0.1, 0.15) is 50.4 Å². The van der Waals surface area contributed by atoms with Crippen LogP contribution in [0.2, 0.25) is 0 Å². The van der Waals surface area contributed by atoms with Crippen molar-refractivity contribution in [3.05, 3.63) is 101 Å². The lowest BCUT2D eigenvalue weighted by atomic mass is 10.0. The number of amides is 2. The molecule has 0 aliphatic heterocycles. The van der Waals surface area contributed by atoms with Crippen LogP contribution < -0.4 is 10.6 Å². The van der Waals surface area contributed by atoms with Crippen molar-refractivity contribution in [3.8, 4) is 0 Å². The molecule has 0 heterocycles. The predicted octanol–water partition coefficient (Wildman–Crippen LogP) is 5.05. The Labute approximate surface area is 165 Å². The van der Waals surface area contributed by atoms with Crippen LogP contribution in [0, 0.1) is 13.8 Å². The van der Waals surface area contributed by atoms with Crippen LogP contribution in [-0.4, -0.2) is 11.8 Å². The highest BCUT2D eigenvalue weighted by molar-refractivity contribution is 6.09. The fourth-order valence-corrected chi connectivity index (χ4v) is 3.15. The van der Waals surface area contributed by atoms with E-state index in [4.69, 9.17) is 0 Å². The molecular weight excluding hydrogens is 348 g/mol. The van der Waals surface area contributed by atoms with Crippen LogP contribution in [0.3, 0.4) is 0 Å². The van der Waals surface area contributed by atoms with E-state index in [9.17, 15) is 9.59 Å². The van der Waals surface area contributed by atoms with Gasteiger partial charge in [-0.2, -0.15) is 0 Å². The number of rotatable bonds is 5. The molecule has 0 bridgehead atoms. The van der Waals surface area contributed by atoms with Crippen molar-refractivity contribution in [2.45, 2.75) is 26.8 Å². The van der Waals surface area contributed by atoms with Crippen molar-refractivity contribution in [1.29, 1.82) is 0 Å². The number of para-hydroxylation sites is 1. The Bertz CT molecular complexity index is 996. The highest BCUT2D eigenvalue weighted by atomic mass is 16.2. The second-order valence-corrected chi connectivity index (χ2v) is 6.92. The molecule has 4 nitrogen and oxygen atoms in total. The molecule has 0 aliphatic rings. The number of hydrogen-bond donors (Lipinski definition) is 2. The van der Waals surface area contributed by atoms with Crippen molar-refractivity contribution in [2.24, 2.45) is 0 Å². The van der Waals surface area contributed by atoms with Crippen molar-refractivity contribution in [3.63, 3.8) is 0 Å². The molecule has 0 unspecified atom stereocenters. The third kappa shape index (κ3) is 4.46. The van der Waals surface area contributed by atoms with Gasteiger partial charge in [0.2, 0.25) is 0 Å². The summed E-state index contributed by atoms with van der Waals surface area (Å²) in [6, 6.07) is 22.3. The summed E-state index contributed by atoms with van der Waals surface area (Å²) in [5.41, 5.74) is 4.54. The van der Waals surface area contributed by atoms with E-state index >= 15 is 0 Å². The summed E-state index contributed by atoms with van der Waals surface area (Å²) in [5, 5.41) is 5.88. The molecule has 2 N–H and O–H groups in total. The molecule has 0 aromatic heterocycles. The Morgan fingerprint density at radius 2 is 1.46 bits per heavy atom. The summed E-state index contributed by atoms with van der Waals surface area (Å²) in [4.78, 5) is 25.5. The van der Waals surface area contributed by atoms with E-state index in [2.05, 4.69) is 10.6 Å². The smallest absolute Gasteiger partial charge is 0.255 e. The molecule has 0 fully saturated rings. The number of nitrogens with one attached hydrogen (secondary N) is 2. The van der Waals surface area contributed by atoms with E-state index in [1.165, 1.54) is 0 Å². The zero-order valence-corrected chi connectivity index (χ0v) is 16.3. The standard InChI is InChI=1S/C24H24N2O2/c1-16-13-14-20(17(2)15-16)23(27)26-22-12-8-7-11-21(22)24(28)25-18(3)19-9-5-4-6-10-19/h4-15,18H,1-3H3,(H,25,28)(H,26,27)/t18-/m0/s1. The van der Waals surface area contributed by atoms with Crippen LogP contribution in [0.4, 0.5) is 5.69 Å². The molecular formula is C24H24N2O2. The summed E-state index contributed by atoms with van der Waals surface area (Å²) in [5.74, 6) is -0.457. The molecule has 142 valence electrons. The summed E-state index contributed by atoms with van der Waals surface area (Å²) in [6.07, 6.45) is 0. The molecule has 4 heteroatoms. The summed E-state index contributed by atoms with van der Waals surface area (Å²) in [6.45, 7) is 5.83. The molecule has 0 aliphatic carbocycles. The Morgan fingerprint density at radius 3 is 2.18 bits per heavy atom. The van der Waals surface area contributed by atoms with E-state index in [1.807, 2.05) is 63.2 Å². The molecule has 0 saturated carbocycles. The molecule has 28 heavy (non-hydrogen) atoms. The largest absolute Gasteiger partial charge is 0.345 e. The Hall–Kier alpha value is -3.40. The second kappa shape index (κ2) is 8.53.